The number of rotatable bonds is 8. The van der Waals surface area contributed by atoms with Gasteiger partial charge in [0.05, 0.1) is 17.1 Å². The Labute approximate surface area is 229 Å². The number of alkyl halides is 3. The number of piperazine rings is 1. The summed E-state index contributed by atoms with van der Waals surface area (Å²) in [5.74, 6) is 0. The molecule has 1 atom stereocenters. The van der Waals surface area contributed by atoms with Gasteiger partial charge in [0.25, 0.3) is 0 Å². The van der Waals surface area contributed by atoms with E-state index in [0.717, 1.165) is 39.9 Å². The van der Waals surface area contributed by atoms with Crippen molar-refractivity contribution < 1.29 is 26.3 Å². The molecule has 0 radical (unpaired) electrons. The monoisotopic (exact) mass is 560 g/mol. The third-order valence-electron chi connectivity index (χ3n) is 7.54. The van der Waals surface area contributed by atoms with E-state index in [9.17, 15) is 21.6 Å². The summed E-state index contributed by atoms with van der Waals surface area (Å²) in [7, 11) is -3.63. The number of ether oxygens (including phenoxy) is 1. The van der Waals surface area contributed by atoms with Crippen LogP contribution in [0.5, 0.6) is 0 Å². The molecule has 9 heteroatoms. The van der Waals surface area contributed by atoms with Crippen LogP contribution in [0.4, 0.5) is 13.2 Å². The zero-order valence-electron chi connectivity index (χ0n) is 22.8. The molecule has 1 aliphatic rings. The molecule has 1 saturated heterocycles. The van der Waals surface area contributed by atoms with E-state index in [1.165, 1.54) is 6.07 Å². The van der Waals surface area contributed by atoms with Crippen molar-refractivity contribution in [2.75, 3.05) is 39.3 Å². The van der Waals surface area contributed by atoms with Crippen molar-refractivity contribution in [2.24, 2.45) is 0 Å². The third kappa shape index (κ3) is 6.54. The van der Waals surface area contributed by atoms with Crippen LogP contribution in [0.1, 0.15) is 45.0 Å². The summed E-state index contributed by atoms with van der Waals surface area (Å²) >= 11 is 0. The van der Waals surface area contributed by atoms with Gasteiger partial charge in [-0.1, -0.05) is 48.5 Å². The van der Waals surface area contributed by atoms with Gasteiger partial charge in [0.15, 0.2) is 0 Å². The Hall–Kier alpha value is -2.72. The van der Waals surface area contributed by atoms with Crippen molar-refractivity contribution >= 4 is 10.0 Å². The molecule has 3 aromatic rings. The first-order chi connectivity index (χ1) is 18.4. The SMILES string of the molecule is Cc1cc(C)c(C)c(S(=O)(=O)N2CCN(CCOC(c3ccccc3)c3cccc(C(F)(F)F)c3)CC2)c1C. The minimum Gasteiger partial charge on any atom is -0.367 e. The lowest BCUT2D eigenvalue weighted by molar-refractivity contribution is -0.137. The van der Waals surface area contributed by atoms with Crippen LogP contribution >= 0.6 is 0 Å². The van der Waals surface area contributed by atoms with Crippen molar-refractivity contribution in [1.29, 1.82) is 0 Å². The van der Waals surface area contributed by atoms with E-state index < -0.39 is 27.9 Å². The molecule has 3 aromatic carbocycles. The van der Waals surface area contributed by atoms with Gasteiger partial charge in [-0.25, -0.2) is 8.42 Å². The van der Waals surface area contributed by atoms with Gasteiger partial charge in [-0.05, 0) is 73.2 Å². The number of aryl methyl sites for hydroxylation is 2. The summed E-state index contributed by atoms with van der Waals surface area (Å²) in [5.41, 5.74) is 3.99. The van der Waals surface area contributed by atoms with Crippen LogP contribution in [0.3, 0.4) is 0 Å². The summed E-state index contributed by atoms with van der Waals surface area (Å²) in [6.07, 6.45) is -5.09. The lowest BCUT2D eigenvalue weighted by atomic mass is 9.99. The highest BCUT2D eigenvalue weighted by molar-refractivity contribution is 7.89. The van der Waals surface area contributed by atoms with E-state index in [0.29, 0.717) is 43.2 Å². The van der Waals surface area contributed by atoms with E-state index in [1.54, 1.807) is 10.4 Å². The largest absolute Gasteiger partial charge is 0.416 e. The average molecular weight is 561 g/mol. The minimum absolute atomic E-state index is 0.290. The van der Waals surface area contributed by atoms with Crippen molar-refractivity contribution in [1.82, 2.24) is 9.21 Å². The Kier molecular flexibility index (Phi) is 8.85. The van der Waals surface area contributed by atoms with Crippen LogP contribution in [0.25, 0.3) is 0 Å². The molecule has 0 aromatic heterocycles. The first kappa shape index (κ1) is 29.3. The summed E-state index contributed by atoms with van der Waals surface area (Å²) in [6, 6.07) is 16.4. The molecular weight excluding hydrogens is 525 g/mol. The number of benzene rings is 3. The highest BCUT2D eigenvalue weighted by Crippen LogP contribution is 2.34. The van der Waals surface area contributed by atoms with Gasteiger partial charge in [-0.2, -0.15) is 17.5 Å². The van der Waals surface area contributed by atoms with E-state index >= 15 is 0 Å². The Morgan fingerprint density at radius 1 is 0.821 bits per heavy atom. The molecule has 0 amide bonds. The fraction of sp³-hybridized carbons (Fsp3) is 0.400. The second-order valence-electron chi connectivity index (χ2n) is 10.1. The number of halogens is 3. The maximum Gasteiger partial charge on any atom is 0.416 e. The summed E-state index contributed by atoms with van der Waals surface area (Å²) in [5, 5.41) is 0. The van der Waals surface area contributed by atoms with E-state index in [-0.39, 0.29) is 6.61 Å². The number of hydrogen-bond acceptors (Lipinski definition) is 4. The smallest absolute Gasteiger partial charge is 0.367 e. The van der Waals surface area contributed by atoms with Crippen LogP contribution in [0.2, 0.25) is 0 Å². The first-order valence-corrected chi connectivity index (χ1v) is 14.5. The number of sulfonamides is 1. The topological polar surface area (TPSA) is 49.9 Å². The van der Waals surface area contributed by atoms with Gasteiger partial charge in [-0.3, -0.25) is 4.90 Å². The van der Waals surface area contributed by atoms with Crippen LogP contribution in [-0.4, -0.2) is 57.0 Å². The molecule has 0 spiro atoms. The van der Waals surface area contributed by atoms with Gasteiger partial charge in [-0.15, -0.1) is 0 Å². The van der Waals surface area contributed by atoms with Crippen molar-refractivity contribution in [2.45, 2.75) is 44.9 Å². The van der Waals surface area contributed by atoms with E-state index in [1.807, 2.05) is 64.1 Å². The van der Waals surface area contributed by atoms with Gasteiger partial charge in [0.2, 0.25) is 10.0 Å². The fourth-order valence-electron chi connectivity index (χ4n) is 5.08. The minimum atomic E-state index is -4.44. The van der Waals surface area contributed by atoms with Crippen molar-refractivity contribution in [3.05, 3.63) is 99.6 Å². The lowest BCUT2D eigenvalue weighted by Gasteiger charge is -2.35. The highest BCUT2D eigenvalue weighted by atomic mass is 32.2. The Morgan fingerprint density at radius 3 is 2.00 bits per heavy atom. The van der Waals surface area contributed by atoms with Crippen LogP contribution in [0, 0.1) is 27.7 Å². The molecule has 1 fully saturated rings. The normalized spacial score (nSPS) is 16.4. The number of nitrogens with zero attached hydrogens (tertiary/aromatic N) is 2. The Morgan fingerprint density at radius 2 is 1.41 bits per heavy atom. The molecular formula is C30H35F3N2O3S. The predicted molar refractivity (Wildman–Crippen MR) is 146 cm³/mol. The zero-order valence-corrected chi connectivity index (χ0v) is 23.6. The quantitative estimate of drug-likeness (QED) is 0.337. The Bertz CT molecular complexity index is 1370. The summed E-state index contributed by atoms with van der Waals surface area (Å²) in [4.78, 5) is 2.53. The summed E-state index contributed by atoms with van der Waals surface area (Å²) in [6.45, 7) is 10.2. The average Bonchev–Trinajstić information content (AvgIpc) is 2.90. The fourth-order valence-corrected chi connectivity index (χ4v) is 7.08. The maximum absolute atomic E-state index is 13.6. The van der Waals surface area contributed by atoms with Crippen LogP contribution in [0.15, 0.2) is 65.6 Å². The van der Waals surface area contributed by atoms with E-state index in [4.69, 9.17) is 4.74 Å². The summed E-state index contributed by atoms with van der Waals surface area (Å²) < 4.78 is 74.9. The van der Waals surface area contributed by atoms with Gasteiger partial charge in [0.1, 0.15) is 6.10 Å². The molecule has 1 heterocycles. The second-order valence-corrected chi connectivity index (χ2v) is 12.0. The second kappa shape index (κ2) is 11.8. The maximum atomic E-state index is 13.6. The van der Waals surface area contributed by atoms with Crippen LogP contribution in [-0.2, 0) is 20.9 Å². The van der Waals surface area contributed by atoms with Crippen LogP contribution < -0.4 is 0 Å². The van der Waals surface area contributed by atoms with Gasteiger partial charge in [0, 0.05) is 32.7 Å². The molecule has 1 aliphatic heterocycles. The van der Waals surface area contributed by atoms with Crippen molar-refractivity contribution in [3.8, 4) is 0 Å². The number of hydrogen-bond donors (Lipinski definition) is 0. The van der Waals surface area contributed by atoms with Gasteiger partial charge < -0.3 is 4.74 Å². The molecule has 0 N–H and O–H groups in total. The standard InChI is InChI=1S/C30H35F3N2O3S/c1-21-19-22(2)24(4)29(23(21)3)39(36,37)35-15-13-34(14-16-35)17-18-38-28(25-9-6-5-7-10-25)26-11-8-12-27(20-26)30(31,32)33/h5-12,19-20,28H,13-18H2,1-4H3. The van der Waals surface area contributed by atoms with E-state index in [2.05, 4.69) is 4.90 Å². The molecule has 0 aliphatic carbocycles. The molecule has 5 nitrogen and oxygen atoms in total. The van der Waals surface area contributed by atoms with Crippen molar-refractivity contribution in [3.63, 3.8) is 0 Å². The predicted octanol–water partition coefficient (Wildman–Crippen LogP) is 6.05. The molecule has 0 bridgehead atoms. The Balaban J connectivity index is 1.41. The lowest BCUT2D eigenvalue weighted by Crippen LogP contribution is -2.49. The first-order valence-electron chi connectivity index (χ1n) is 13.0. The highest BCUT2D eigenvalue weighted by Gasteiger charge is 2.33. The molecule has 210 valence electrons. The molecule has 0 saturated carbocycles. The van der Waals surface area contributed by atoms with Gasteiger partial charge >= 0.3 is 6.18 Å². The third-order valence-corrected chi connectivity index (χ3v) is 9.71. The molecule has 4 rings (SSSR count). The zero-order chi connectivity index (χ0) is 28.4. The molecule has 1 unspecified atom stereocenters. The molecule has 39 heavy (non-hydrogen) atoms.